The van der Waals surface area contributed by atoms with Gasteiger partial charge in [0, 0.05) is 32.8 Å². The highest BCUT2D eigenvalue weighted by molar-refractivity contribution is 5.95. The molecule has 25 heavy (non-hydrogen) atoms. The first-order chi connectivity index (χ1) is 11.8. The number of hydrogen-bond donors (Lipinski definition) is 1. The topological polar surface area (TPSA) is 67.2 Å². The smallest absolute Gasteiger partial charge is 0.254 e. The van der Waals surface area contributed by atoms with Gasteiger partial charge in [0.15, 0.2) is 0 Å². The summed E-state index contributed by atoms with van der Waals surface area (Å²) in [7, 11) is 3.39. The Morgan fingerprint density at radius 3 is 2.64 bits per heavy atom. The second kappa shape index (κ2) is 6.27. The number of amides is 2. The molecular formula is C17H18F2N4O2. The van der Waals surface area contributed by atoms with E-state index in [0.29, 0.717) is 6.07 Å². The molecule has 0 aliphatic carbocycles. The fourth-order valence-electron chi connectivity index (χ4n) is 3.15. The molecule has 1 aromatic heterocycles. The van der Waals surface area contributed by atoms with Crippen LogP contribution in [0.2, 0.25) is 0 Å². The molecule has 1 fully saturated rings. The van der Waals surface area contributed by atoms with Crippen LogP contribution < -0.4 is 5.32 Å². The lowest BCUT2D eigenvalue weighted by atomic mass is 10.0. The first kappa shape index (κ1) is 17.1. The summed E-state index contributed by atoms with van der Waals surface area (Å²) in [6.45, 7) is 1.46. The van der Waals surface area contributed by atoms with E-state index < -0.39 is 29.6 Å². The number of carbonyl (C=O) groups excluding carboxylic acids is 2. The predicted molar refractivity (Wildman–Crippen MR) is 85.7 cm³/mol. The van der Waals surface area contributed by atoms with Gasteiger partial charge < -0.3 is 10.2 Å². The van der Waals surface area contributed by atoms with Crippen molar-refractivity contribution in [3.63, 3.8) is 0 Å². The molecule has 6 nitrogen and oxygen atoms in total. The molecule has 132 valence electrons. The molecule has 8 heteroatoms. The fourth-order valence-corrected chi connectivity index (χ4v) is 3.15. The Bertz CT molecular complexity index is 849. The van der Waals surface area contributed by atoms with Gasteiger partial charge in [-0.2, -0.15) is 5.10 Å². The largest absolute Gasteiger partial charge is 0.346 e. The standard InChI is InChI=1S/C17H18F2N4O2/c1-9-6-10(12(19)7-11(9)18)17(25)21-13-8-15(24)22(2)16(13)14-4-5-20-23(14)3/h4-7,13,16H,8H2,1-3H3,(H,21,25)/t13-,16-/m1/s1. The summed E-state index contributed by atoms with van der Waals surface area (Å²) in [6.07, 6.45) is 1.70. The molecule has 3 rings (SSSR count). The Morgan fingerprint density at radius 2 is 2.00 bits per heavy atom. The minimum absolute atomic E-state index is 0.0971. The molecule has 2 aromatic rings. The van der Waals surface area contributed by atoms with E-state index in [0.717, 1.165) is 5.69 Å². The van der Waals surface area contributed by atoms with Crippen LogP contribution in [0.3, 0.4) is 0 Å². The van der Waals surface area contributed by atoms with Crippen molar-refractivity contribution in [1.29, 1.82) is 0 Å². The maximum atomic E-state index is 14.0. The van der Waals surface area contributed by atoms with Crippen molar-refractivity contribution >= 4 is 11.8 Å². The number of benzene rings is 1. The van der Waals surface area contributed by atoms with E-state index in [2.05, 4.69) is 10.4 Å². The number of likely N-dealkylation sites (tertiary alicyclic amines) is 1. The first-order valence-electron chi connectivity index (χ1n) is 7.79. The molecule has 2 heterocycles. The summed E-state index contributed by atoms with van der Waals surface area (Å²) in [5.74, 6) is -2.46. The molecule has 1 saturated heterocycles. The summed E-state index contributed by atoms with van der Waals surface area (Å²) in [5, 5.41) is 6.80. The zero-order chi connectivity index (χ0) is 18.3. The Labute approximate surface area is 143 Å². The number of carbonyl (C=O) groups is 2. The second-order valence-corrected chi connectivity index (χ2v) is 6.19. The minimum atomic E-state index is -0.935. The lowest BCUT2D eigenvalue weighted by Crippen LogP contribution is -2.40. The van der Waals surface area contributed by atoms with Crippen LogP contribution in [0.4, 0.5) is 8.78 Å². The minimum Gasteiger partial charge on any atom is -0.346 e. The van der Waals surface area contributed by atoms with Crippen molar-refractivity contribution in [2.45, 2.75) is 25.4 Å². The highest BCUT2D eigenvalue weighted by atomic mass is 19.1. The molecule has 1 N–H and O–H groups in total. The van der Waals surface area contributed by atoms with Gasteiger partial charge in [-0.15, -0.1) is 0 Å². The van der Waals surface area contributed by atoms with Crippen LogP contribution in [0.15, 0.2) is 24.4 Å². The third-order valence-electron chi connectivity index (χ3n) is 4.56. The van der Waals surface area contributed by atoms with Gasteiger partial charge in [-0.05, 0) is 24.6 Å². The Hall–Kier alpha value is -2.77. The number of aromatic nitrogens is 2. The van der Waals surface area contributed by atoms with Crippen molar-refractivity contribution in [2.75, 3.05) is 7.05 Å². The molecule has 2 atom stereocenters. The Morgan fingerprint density at radius 1 is 1.28 bits per heavy atom. The molecule has 0 unspecified atom stereocenters. The van der Waals surface area contributed by atoms with Crippen molar-refractivity contribution in [2.24, 2.45) is 7.05 Å². The SMILES string of the molecule is Cc1cc(C(=O)N[C@@H]2CC(=O)N(C)[C@H]2c2ccnn2C)c(F)cc1F. The van der Waals surface area contributed by atoms with Crippen molar-refractivity contribution in [3.05, 3.63) is 52.9 Å². The molecule has 2 amide bonds. The first-order valence-corrected chi connectivity index (χ1v) is 7.79. The summed E-state index contributed by atoms with van der Waals surface area (Å²) in [6, 6.07) is 2.68. The van der Waals surface area contributed by atoms with Gasteiger partial charge in [-0.25, -0.2) is 8.78 Å². The van der Waals surface area contributed by atoms with Gasteiger partial charge in [-0.1, -0.05) is 0 Å². The van der Waals surface area contributed by atoms with Crippen molar-refractivity contribution in [1.82, 2.24) is 20.0 Å². The Balaban J connectivity index is 1.88. The van der Waals surface area contributed by atoms with E-state index in [1.165, 1.54) is 17.9 Å². The van der Waals surface area contributed by atoms with E-state index in [1.807, 2.05) is 0 Å². The van der Waals surface area contributed by atoms with E-state index in [4.69, 9.17) is 0 Å². The van der Waals surface area contributed by atoms with Crippen LogP contribution in [0.1, 0.15) is 34.1 Å². The zero-order valence-corrected chi connectivity index (χ0v) is 14.1. The third kappa shape index (κ3) is 2.99. The van der Waals surface area contributed by atoms with Gasteiger partial charge in [0.2, 0.25) is 5.91 Å². The summed E-state index contributed by atoms with van der Waals surface area (Å²) in [4.78, 5) is 26.1. The number of likely N-dealkylation sites (N-methyl/N-ethyl adjacent to an activating group) is 1. The van der Waals surface area contributed by atoms with Crippen molar-refractivity contribution < 1.29 is 18.4 Å². The highest BCUT2D eigenvalue weighted by Crippen LogP contribution is 2.31. The molecule has 1 aliphatic rings. The van der Waals surface area contributed by atoms with Crippen LogP contribution in [0.25, 0.3) is 0 Å². The van der Waals surface area contributed by atoms with Gasteiger partial charge in [0.1, 0.15) is 11.6 Å². The number of hydrogen-bond acceptors (Lipinski definition) is 3. The van der Waals surface area contributed by atoms with Gasteiger partial charge in [-0.3, -0.25) is 14.3 Å². The lowest BCUT2D eigenvalue weighted by Gasteiger charge is -2.25. The molecule has 0 bridgehead atoms. The molecule has 1 aliphatic heterocycles. The fraction of sp³-hybridized carbons (Fsp3) is 0.353. The molecule has 0 radical (unpaired) electrons. The third-order valence-corrected chi connectivity index (χ3v) is 4.56. The summed E-state index contributed by atoms with van der Waals surface area (Å²) >= 11 is 0. The van der Waals surface area contributed by atoms with Crippen LogP contribution in [-0.2, 0) is 11.8 Å². The number of nitrogens with zero attached hydrogens (tertiary/aromatic N) is 3. The molecule has 0 spiro atoms. The van der Waals surface area contributed by atoms with Gasteiger partial charge >= 0.3 is 0 Å². The van der Waals surface area contributed by atoms with Gasteiger partial charge in [0.25, 0.3) is 5.91 Å². The average Bonchev–Trinajstić information content (AvgIpc) is 3.07. The van der Waals surface area contributed by atoms with Crippen LogP contribution >= 0.6 is 0 Å². The highest BCUT2D eigenvalue weighted by Gasteiger charge is 2.41. The lowest BCUT2D eigenvalue weighted by molar-refractivity contribution is -0.127. The van der Waals surface area contributed by atoms with Crippen molar-refractivity contribution in [3.8, 4) is 0 Å². The average molecular weight is 348 g/mol. The van der Waals surface area contributed by atoms with E-state index in [9.17, 15) is 18.4 Å². The normalized spacial score (nSPS) is 20.2. The maximum Gasteiger partial charge on any atom is 0.254 e. The number of rotatable bonds is 3. The number of halogens is 2. The van der Waals surface area contributed by atoms with Crippen LogP contribution in [-0.4, -0.2) is 39.6 Å². The van der Waals surface area contributed by atoms with E-state index >= 15 is 0 Å². The molecule has 1 aromatic carbocycles. The Kier molecular flexibility index (Phi) is 4.28. The van der Waals surface area contributed by atoms with Crippen LogP contribution in [0, 0.1) is 18.6 Å². The quantitative estimate of drug-likeness (QED) is 0.918. The molecular weight excluding hydrogens is 330 g/mol. The number of nitrogens with one attached hydrogen (secondary N) is 1. The molecule has 0 saturated carbocycles. The van der Waals surface area contributed by atoms with E-state index in [-0.39, 0.29) is 23.5 Å². The summed E-state index contributed by atoms with van der Waals surface area (Å²) < 4.78 is 29.0. The zero-order valence-electron chi connectivity index (χ0n) is 14.1. The monoisotopic (exact) mass is 348 g/mol. The second-order valence-electron chi connectivity index (χ2n) is 6.19. The van der Waals surface area contributed by atoms with Crippen LogP contribution in [0.5, 0.6) is 0 Å². The number of aryl methyl sites for hydroxylation is 2. The van der Waals surface area contributed by atoms with Gasteiger partial charge in [0.05, 0.1) is 23.3 Å². The predicted octanol–water partition coefficient (Wildman–Crippen LogP) is 1.71. The van der Waals surface area contributed by atoms with E-state index in [1.54, 1.807) is 31.0 Å². The summed E-state index contributed by atoms with van der Waals surface area (Å²) in [5.41, 5.74) is 0.688. The maximum absolute atomic E-state index is 14.0.